The number of carbonyl (C=O) groups excluding carboxylic acids is 1. The summed E-state index contributed by atoms with van der Waals surface area (Å²) in [4.78, 5) is 12.4. The van der Waals surface area contributed by atoms with Crippen LogP contribution in [0.3, 0.4) is 0 Å². The van der Waals surface area contributed by atoms with Crippen LogP contribution < -0.4 is 14.8 Å². The first-order valence-corrected chi connectivity index (χ1v) is 7.28. The third-order valence-electron chi connectivity index (χ3n) is 4.06. The number of hydrogen-bond acceptors (Lipinski definition) is 4. The Morgan fingerprint density at radius 2 is 1.76 bits per heavy atom. The zero-order chi connectivity index (χ0) is 15.4. The molecule has 0 saturated heterocycles. The lowest BCUT2D eigenvalue weighted by atomic mass is 9.92. The Hall–Kier alpha value is -1.75. The summed E-state index contributed by atoms with van der Waals surface area (Å²) >= 11 is 0. The molecule has 1 aromatic carbocycles. The third-order valence-corrected chi connectivity index (χ3v) is 4.06. The number of aliphatic hydroxyl groups excluding tert-OH is 1. The maximum Gasteiger partial charge on any atom is 0.251 e. The first kappa shape index (κ1) is 15.6. The van der Waals surface area contributed by atoms with Gasteiger partial charge in [0.1, 0.15) is 11.5 Å². The van der Waals surface area contributed by atoms with E-state index in [4.69, 9.17) is 9.47 Å². The Labute approximate surface area is 125 Å². The van der Waals surface area contributed by atoms with Crippen molar-refractivity contribution in [2.45, 2.75) is 44.8 Å². The fraction of sp³-hybridized carbons (Fsp3) is 0.562. The molecule has 0 radical (unpaired) electrons. The smallest absolute Gasteiger partial charge is 0.251 e. The number of hydrogen-bond donors (Lipinski definition) is 2. The Bertz CT molecular complexity index is 490. The van der Waals surface area contributed by atoms with Crippen molar-refractivity contribution in [1.29, 1.82) is 0 Å². The number of aliphatic hydroxyl groups is 1. The second-order valence-electron chi connectivity index (χ2n) is 5.44. The molecule has 5 heteroatoms. The molecule has 0 bridgehead atoms. The van der Waals surface area contributed by atoms with E-state index in [-0.39, 0.29) is 11.9 Å². The molecule has 0 aromatic heterocycles. The van der Waals surface area contributed by atoms with Gasteiger partial charge in [0.15, 0.2) is 0 Å². The molecule has 116 valence electrons. The van der Waals surface area contributed by atoms with Crippen molar-refractivity contribution in [1.82, 2.24) is 5.32 Å². The molecular weight excluding hydrogens is 270 g/mol. The van der Waals surface area contributed by atoms with Gasteiger partial charge in [0.25, 0.3) is 5.91 Å². The van der Waals surface area contributed by atoms with Gasteiger partial charge < -0.3 is 19.9 Å². The molecule has 2 N–H and O–H groups in total. The van der Waals surface area contributed by atoms with Crippen molar-refractivity contribution in [3.05, 3.63) is 23.3 Å². The van der Waals surface area contributed by atoms with Crippen LogP contribution in [0.2, 0.25) is 0 Å². The topological polar surface area (TPSA) is 67.8 Å². The molecule has 2 atom stereocenters. The number of nitrogens with one attached hydrogen (secondary N) is 1. The molecule has 1 saturated carbocycles. The molecule has 0 heterocycles. The first-order chi connectivity index (χ1) is 10.1. The Morgan fingerprint density at radius 1 is 1.19 bits per heavy atom. The average Bonchev–Trinajstić information content (AvgIpc) is 2.49. The molecule has 0 spiro atoms. The molecule has 21 heavy (non-hydrogen) atoms. The molecule has 1 amide bonds. The van der Waals surface area contributed by atoms with Gasteiger partial charge in [-0.2, -0.15) is 0 Å². The summed E-state index contributed by atoms with van der Waals surface area (Å²) < 4.78 is 10.6. The molecule has 1 aromatic rings. The van der Waals surface area contributed by atoms with E-state index in [1.165, 1.54) is 0 Å². The van der Waals surface area contributed by atoms with Crippen molar-refractivity contribution in [2.75, 3.05) is 14.2 Å². The average molecular weight is 293 g/mol. The maximum absolute atomic E-state index is 12.4. The van der Waals surface area contributed by atoms with Gasteiger partial charge in [-0.1, -0.05) is 12.8 Å². The van der Waals surface area contributed by atoms with E-state index >= 15 is 0 Å². The van der Waals surface area contributed by atoms with Gasteiger partial charge in [-0.25, -0.2) is 0 Å². The van der Waals surface area contributed by atoms with E-state index < -0.39 is 6.10 Å². The van der Waals surface area contributed by atoms with E-state index in [0.717, 1.165) is 31.2 Å². The molecule has 0 unspecified atom stereocenters. The minimum absolute atomic E-state index is 0.176. The highest BCUT2D eigenvalue weighted by Crippen LogP contribution is 2.29. The fourth-order valence-electron chi connectivity index (χ4n) is 2.75. The lowest BCUT2D eigenvalue weighted by Crippen LogP contribution is -2.45. The number of amides is 1. The van der Waals surface area contributed by atoms with Crippen LogP contribution in [0.4, 0.5) is 0 Å². The third kappa shape index (κ3) is 3.47. The van der Waals surface area contributed by atoms with Gasteiger partial charge in [0.05, 0.1) is 26.4 Å². The summed E-state index contributed by atoms with van der Waals surface area (Å²) in [6.45, 7) is 1.88. The van der Waals surface area contributed by atoms with Crippen LogP contribution in [0.5, 0.6) is 11.5 Å². The molecule has 1 aliphatic rings. The SMILES string of the molecule is COc1cc(C(=O)N[C@H]2CCCC[C@@H]2O)cc(OC)c1C. The zero-order valence-electron chi connectivity index (χ0n) is 12.8. The molecule has 5 nitrogen and oxygen atoms in total. The monoisotopic (exact) mass is 293 g/mol. The summed E-state index contributed by atoms with van der Waals surface area (Å²) in [7, 11) is 3.13. The fourth-order valence-corrected chi connectivity index (χ4v) is 2.75. The van der Waals surface area contributed by atoms with Gasteiger partial charge in [0, 0.05) is 11.1 Å². The number of benzene rings is 1. The predicted octanol–water partition coefficient (Wildman–Crippen LogP) is 2.05. The highest BCUT2D eigenvalue weighted by molar-refractivity contribution is 5.95. The Morgan fingerprint density at radius 3 is 2.29 bits per heavy atom. The van der Waals surface area contributed by atoms with Crippen LogP contribution in [0, 0.1) is 6.92 Å². The lowest BCUT2D eigenvalue weighted by Gasteiger charge is -2.28. The summed E-state index contributed by atoms with van der Waals surface area (Å²) in [5.41, 5.74) is 1.33. The Kier molecular flexibility index (Phi) is 5.07. The second kappa shape index (κ2) is 6.80. The van der Waals surface area contributed by atoms with E-state index in [2.05, 4.69) is 5.32 Å². The van der Waals surface area contributed by atoms with E-state index in [9.17, 15) is 9.90 Å². The maximum atomic E-state index is 12.4. The molecule has 1 aliphatic carbocycles. The van der Waals surface area contributed by atoms with Crippen LogP contribution in [-0.4, -0.2) is 37.4 Å². The minimum atomic E-state index is -0.461. The molecular formula is C16H23NO4. The normalized spacial score (nSPS) is 21.7. The summed E-state index contributed by atoms with van der Waals surface area (Å²) in [6, 6.07) is 3.22. The molecule has 2 rings (SSSR count). The van der Waals surface area contributed by atoms with Gasteiger partial charge in [0.2, 0.25) is 0 Å². The van der Waals surface area contributed by atoms with Crippen molar-refractivity contribution < 1.29 is 19.4 Å². The first-order valence-electron chi connectivity index (χ1n) is 7.28. The minimum Gasteiger partial charge on any atom is -0.496 e. The van der Waals surface area contributed by atoms with Crippen molar-refractivity contribution >= 4 is 5.91 Å². The van der Waals surface area contributed by atoms with E-state index in [0.29, 0.717) is 17.1 Å². The number of carbonyl (C=O) groups is 1. The summed E-state index contributed by atoms with van der Waals surface area (Å²) in [6.07, 6.45) is 3.14. The highest BCUT2D eigenvalue weighted by Gasteiger charge is 2.25. The van der Waals surface area contributed by atoms with Gasteiger partial charge in [-0.3, -0.25) is 4.79 Å². The van der Waals surface area contributed by atoms with Crippen LogP contribution in [0.15, 0.2) is 12.1 Å². The number of ether oxygens (including phenoxy) is 2. The van der Waals surface area contributed by atoms with E-state index in [1.54, 1.807) is 26.4 Å². The number of rotatable bonds is 4. The van der Waals surface area contributed by atoms with Crippen LogP contribution in [0.1, 0.15) is 41.6 Å². The highest BCUT2D eigenvalue weighted by atomic mass is 16.5. The number of methoxy groups -OCH3 is 2. The second-order valence-corrected chi connectivity index (χ2v) is 5.44. The molecule has 1 fully saturated rings. The summed E-state index contributed by atoms with van der Waals surface area (Å²) in [5.74, 6) is 1.02. The van der Waals surface area contributed by atoms with Gasteiger partial charge in [-0.15, -0.1) is 0 Å². The Balaban J connectivity index is 2.18. The van der Waals surface area contributed by atoms with Gasteiger partial charge >= 0.3 is 0 Å². The van der Waals surface area contributed by atoms with E-state index in [1.807, 2.05) is 6.92 Å². The zero-order valence-corrected chi connectivity index (χ0v) is 12.8. The van der Waals surface area contributed by atoms with Crippen LogP contribution in [-0.2, 0) is 0 Å². The standard InChI is InChI=1S/C16H23NO4/c1-10-14(20-2)8-11(9-15(10)21-3)16(19)17-12-6-4-5-7-13(12)18/h8-9,12-13,18H,4-7H2,1-3H3,(H,17,19)/t12-,13-/m0/s1. The van der Waals surface area contributed by atoms with Crippen LogP contribution in [0.25, 0.3) is 0 Å². The van der Waals surface area contributed by atoms with Gasteiger partial charge in [-0.05, 0) is 31.9 Å². The van der Waals surface area contributed by atoms with Crippen LogP contribution >= 0.6 is 0 Å². The lowest BCUT2D eigenvalue weighted by molar-refractivity contribution is 0.0717. The summed E-state index contributed by atoms with van der Waals surface area (Å²) in [5, 5.41) is 12.9. The van der Waals surface area contributed by atoms with Crippen molar-refractivity contribution in [3.8, 4) is 11.5 Å². The van der Waals surface area contributed by atoms with Crippen molar-refractivity contribution in [3.63, 3.8) is 0 Å². The van der Waals surface area contributed by atoms with Crippen molar-refractivity contribution in [2.24, 2.45) is 0 Å². The quantitative estimate of drug-likeness (QED) is 0.891. The molecule has 0 aliphatic heterocycles. The predicted molar refractivity (Wildman–Crippen MR) is 80.0 cm³/mol. The largest absolute Gasteiger partial charge is 0.496 e.